The van der Waals surface area contributed by atoms with Gasteiger partial charge in [-0.2, -0.15) is 0 Å². The third-order valence-corrected chi connectivity index (χ3v) is 1.66. The topological polar surface area (TPSA) is 58.2 Å². The van der Waals surface area contributed by atoms with Gasteiger partial charge in [0.1, 0.15) is 0 Å². The van der Waals surface area contributed by atoms with Crippen LogP contribution in [0.15, 0.2) is 0 Å². The van der Waals surface area contributed by atoms with Crippen molar-refractivity contribution in [3.63, 3.8) is 0 Å². The number of hydrogen-bond acceptors (Lipinski definition) is 2. The van der Waals surface area contributed by atoms with Crippen LogP contribution in [0.4, 0.5) is 0 Å². The lowest BCUT2D eigenvalue weighted by molar-refractivity contribution is -0.131. The van der Waals surface area contributed by atoms with Crippen molar-refractivity contribution in [2.24, 2.45) is 5.41 Å². The number of nitrogens with one attached hydrogen (secondary N) is 2. The summed E-state index contributed by atoms with van der Waals surface area (Å²) < 4.78 is 0. The molecule has 0 aliphatic rings. The second-order valence-corrected chi connectivity index (χ2v) is 4.28. The highest BCUT2D eigenvalue weighted by atomic mass is 16.2. The molecule has 0 radical (unpaired) electrons. The largest absolute Gasteiger partial charge is 0.355 e. The van der Waals surface area contributed by atoms with Gasteiger partial charge in [0.25, 0.3) is 0 Å². The second kappa shape index (κ2) is 5.62. The molecule has 0 atom stereocenters. The van der Waals surface area contributed by atoms with E-state index >= 15 is 0 Å². The molecule has 0 saturated heterocycles. The van der Waals surface area contributed by atoms with E-state index in [0.29, 0.717) is 6.54 Å². The average Bonchev–Trinajstić information content (AvgIpc) is 2.09. The minimum atomic E-state index is -0.439. The van der Waals surface area contributed by atoms with Crippen molar-refractivity contribution in [3.8, 4) is 0 Å². The molecule has 0 bridgehead atoms. The van der Waals surface area contributed by atoms with Gasteiger partial charge in [0, 0.05) is 12.0 Å². The molecule has 0 heterocycles. The van der Waals surface area contributed by atoms with Gasteiger partial charge in [0.2, 0.25) is 11.8 Å². The first kappa shape index (κ1) is 12.9. The Bertz CT molecular complexity index is 207. The van der Waals surface area contributed by atoms with Crippen molar-refractivity contribution in [1.82, 2.24) is 10.6 Å². The van der Waals surface area contributed by atoms with E-state index in [-0.39, 0.29) is 18.4 Å². The first-order valence-corrected chi connectivity index (χ1v) is 4.93. The minimum Gasteiger partial charge on any atom is -0.355 e. The molecule has 0 spiro atoms. The van der Waals surface area contributed by atoms with E-state index in [0.717, 1.165) is 6.42 Å². The van der Waals surface area contributed by atoms with Crippen LogP contribution in [0.1, 0.15) is 34.1 Å². The van der Waals surface area contributed by atoms with Crippen LogP contribution in [0, 0.1) is 5.41 Å². The number of hydrogen-bond donors (Lipinski definition) is 2. The van der Waals surface area contributed by atoms with Crippen molar-refractivity contribution in [2.45, 2.75) is 34.1 Å². The van der Waals surface area contributed by atoms with E-state index in [1.165, 1.54) is 0 Å². The third kappa shape index (κ3) is 5.56. The SMILES string of the molecule is CCCNC(=O)CNC(=O)C(C)(C)C. The zero-order valence-corrected chi connectivity index (χ0v) is 9.44. The fourth-order valence-corrected chi connectivity index (χ4v) is 0.753. The molecule has 0 unspecified atom stereocenters. The van der Waals surface area contributed by atoms with Crippen molar-refractivity contribution in [1.29, 1.82) is 0 Å². The molecule has 14 heavy (non-hydrogen) atoms. The summed E-state index contributed by atoms with van der Waals surface area (Å²) in [6.07, 6.45) is 0.902. The van der Waals surface area contributed by atoms with Crippen molar-refractivity contribution in [2.75, 3.05) is 13.1 Å². The standard InChI is InChI=1S/C10H20N2O2/c1-5-6-11-8(13)7-12-9(14)10(2,3)4/h5-7H2,1-4H3,(H,11,13)(H,12,14). The smallest absolute Gasteiger partial charge is 0.239 e. The molecular weight excluding hydrogens is 180 g/mol. The average molecular weight is 200 g/mol. The van der Waals surface area contributed by atoms with Crippen LogP contribution < -0.4 is 10.6 Å². The van der Waals surface area contributed by atoms with Crippen LogP contribution in [0.2, 0.25) is 0 Å². The fourth-order valence-electron chi connectivity index (χ4n) is 0.753. The predicted octanol–water partition coefficient (Wildman–Crippen LogP) is 0.675. The molecule has 0 aromatic rings. The lowest BCUT2D eigenvalue weighted by atomic mass is 9.96. The van der Waals surface area contributed by atoms with Crippen LogP contribution in [-0.4, -0.2) is 24.9 Å². The highest BCUT2D eigenvalue weighted by molar-refractivity contribution is 5.87. The van der Waals surface area contributed by atoms with Crippen molar-refractivity contribution >= 4 is 11.8 Å². The molecule has 0 fully saturated rings. The summed E-state index contributed by atoms with van der Waals surface area (Å²) in [5.74, 6) is -0.242. The first-order valence-electron chi connectivity index (χ1n) is 4.93. The van der Waals surface area contributed by atoms with Crippen LogP contribution in [0.25, 0.3) is 0 Å². The number of amides is 2. The molecule has 0 aliphatic heterocycles. The minimum absolute atomic E-state index is 0.0656. The van der Waals surface area contributed by atoms with E-state index in [1.54, 1.807) is 0 Å². The van der Waals surface area contributed by atoms with Crippen LogP contribution in [0.5, 0.6) is 0 Å². The quantitative estimate of drug-likeness (QED) is 0.701. The van der Waals surface area contributed by atoms with E-state index in [9.17, 15) is 9.59 Å². The Hall–Kier alpha value is -1.06. The summed E-state index contributed by atoms with van der Waals surface area (Å²) in [5.41, 5.74) is -0.439. The summed E-state index contributed by atoms with van der Waals surface area (Å²) >= 11 is 0. The molecule has 0 rings (SSSR count). The zero-order valence-electron chi connectivity index (χ0n) is 9.44. The highest BCUT2D eigenvalue weighted by Crippen LogP contribution is 2.11. The molecule has 0 aromatic heterocycles. The maximum atomic E-state index is 11.4. The van der Waals surface area contributed by atoms with Crippen LogP contribution in [0.3, 0.4) is 0 Å². The molecule has 0 saturated carbocycles. The summed E-state index contributed by atoms with van der Waals surface area (Å²) in [4.78, 5) is 22.5. The third-order valence-electron chi connectivity index (χ3n) is 1.66. The molecule has 2 N–H and O–H groups in total. The molecule has 4 nitrogen and oxygen atoms in total. The number of rotatable bonds is 4. The van der Waals surface area contributed by atoms with E-state index in [1.807, 2.05) is 27.7 Å². The van der Waals surface area contributed by atoms with Crippen LogP contribution >= 0.6 is 0 Å². The van der Waals surface area contributed by atoms with Gasteiger partial charge in [0.15, 0.2) is 0 Å². The second-order valence-electron chi connectivity index (χ2n) is 4.28. The molecule has 0 aromatic carbocycles. The van der Waals surface area contributed by atoms with E-state index in [2.05, 4.69) is 10.6 Å². The van der Waals surface area contributed by atoms with Gasteiger partial charge in [-0.05, 0) is 6.42 Å². The Balaban J connectivity index is 3.73. The van der Waals surface area contributed by atoms with Crippen molar-refractivity contribution in [3.05, 3.63) is 0 Å². The predicted molar refractivity (Wildman–Crippen MR) is 55.8 cm³/mol. The van der Waals surface area contributed by atoms with E-state index in [4.69, 9.17) is 0 Å². The highest BCUT2D eigenvalue weighted by Gasteiger charge is 2.21. The van der Waals surface area contributed by atoms with Gasteiger partial charge in [0.05, 0.1) is 6.54 Å². The summed E-state index contributed by atoms with van der Waals surface area (Å²) in [6.45, 7) is 8.14. The van der Waals surface area contributed by atoms with Gasteiger partial charge in [-0.1, -0.05) is 27.7 Å². The van der Waals surface area contributed by atoms with Crippen molar-refractivity contribution < 1.29 is 9.59 Å². The molecule has 0 aliphatic carbocycles. The van der Waals surface area contributed by atoms with Crippen LogP contribution in [-0.2, 0) is 9.59 Å². The Labute approximate surface area is 85.4 Å². The Morgan fingerprint density at radius 2 is 1.71 bits per heavy atom. The van der Waals surface area contributed by atoms with Gasteiger partial charge in [-0.3, -0.25) is 9.59 Å². The summed E-state index contributed by atoms with van der Waals surface area (Å²) in [6, 6.07) is 0. The Kier molecular flexibility index (Phi) is 5.20. The lowest BCUT2D eigenvalue weighted by Gasteiger charge is -2.17. The molecule has 82 valence electrons. The number of carbonyl (C=O) groups excluding carboxylic acids is 2. The summed E-state index contributed by atoms with van der Waals surface area (Å²) in [5, 5.41) is 5.27. The molecule has 2 amide bonds. The van der Waals surface area contributed by atoms with Gasteiger partial charge in [-0.15, -0.1) is 0 Å². The molecule has 4 heteroatoms. The Morgan fingerprint density at radius 3 is 2.14 bits per heavy atom. The fraction of sp³-hybridized carbons (Fsp3) is 0.800. The molecular formula is C10H20N2O2. The Morgan fingerprint density at radius 1 is 1.14 bits per heavy atom. The lowest BCUT2D eigenvalue weighted by Crippen LogP contribution is -2.41. The van der Waals surface area contributed by atoms with Gasteiger partial charge in [-0.25, -0.2) is 0 Å². The summed E-state index contributed by atoms with van der Waals surface area (Å²) in [7, 11) is 0. The maximum Gasteiger partial charge on any atom is 0.239 e. The van der Waals surface area contributed by atoms with Gasteiger partial charge >= 0.3 is 0 Å². The normalized spacial score (nSPS) is 10.9. The van der Waals surface area contributed by atoms with E-state index < -0.39 is 5.41 Å². The number of carbonyl (C=O) groups is 2. The first-order chi connectivity index (χ1) is 6.38. The zero-order chi connectivity index (χ0) is 11.2. The van der Waals surface area contributed by atoms with Gasteiger partial charge < -0.3 is 10.6 Å². The maximum absolute atomic E-state index is 11.4. The monoisotopic (exact) mass is 200 g/mol.